The minimum atomic E-state index is -4.57. The Morgan fingerprint density at radius 1 is 0.917 bits per heavy atom. The van der Waals surface area contributed by atoms with E-state index in [0.717, 1.165) is 24.3 Å². The van der Waals surface area contributed by atoms with Crippen molar-refractivity contribution in [3.05, 3.63) is 53.6 Å². The van der Waals surface area contributed by atoms with Crippen LogP contribution in [0.25, 0.3) is 0 Å². The Labute approximate surface area is 138 Å². The van der Waals surface area contributed by atoms with E-state index in [1.54, 1.807) is 0 Å². The highest BCUT2D eigenvalue weighted by Gasteiger charge is 2.24. The van der Waals surface area contributed by atoms with Gasteiger partial charge in [-0.05, 0) is 43.8 Å². The number of nitrogens with one attached hydrogen (secondary N) is 2. The summed E-state index contributed by atoms with van der Waals surface area (Å²) in [5.74, 6) is -2.50. The zero-order chi connectivity index (χ0) is 18.1. The molecular weight excluding hydrogens is 362 g/mol. The Hall–Kier alpha value is -2.04. The molecule has 0 saturated carbocycles. The van der Waals surface area contributed by atoms with E-state index >= 15 is 0 Å². The minimum absolute atomic E-state index is 0.142. The maximum Gasteiger partial charge on any atom is 0.267 e. The Bertz CT molecular complexity index is 970. The van der Waals surface area contributed by atoms with Crippen molar-refractivity contribution in [2.45, 2.75) is 16.7 Å². The van der Waals surface area contributed by atoms with Gasteiger partial charge in [0.1, 0.15) is 11.6 Å². The molecule has 130 valence electrons. The van der Waals surface area contributed by atoms with E-state index in [9.17, 15) is 25.6 Å². The van der Waals surface area contributed by atoms with E-state index in [2.05, 4.69) is 4.72 Å². The fourth-order valence-electron chi connectivity index (χ4n) is 2.01. The van der Waals surface area contributed by atoms with Crippen molar-refractivity contribution in [1.29, 1.82) is 0 Å². The number of hydrogen-bond acceptors (Lipinski definition) is 4. The molecule has 10 heteroatoms. The summed E-state index contributed by atoms with van der Waals surface area (Å²) in [6, 6.07) is 6.39. The predicted octanol–water partition coefficient (Wildman–Crippen LogP) is 1.98. The van der Waals surface area contributed by atoms with Crippen molar-refractivity contribution in [2.75, 3.05) is 11.8 Å². The van der Waals surface area contributed by atoms with Crippen molar-refractivity contribution in [3.8, 4) is 0 Å². The third-order valence-electron chi connectivity index (χ3n) is 3.19. The molecule has 6 nitrogen and oxygen atoms in total. The molecule has 0 aromatic heterocycles. The topological polar surface area (TPSA) is 92.3 Å². The van der Waals surface area contributed by atoms with E-state index in [-0.39, 0.29) is 10.6 Å². The number of benzene rings is 2. The maximum absolute atomic E-state index is 13.7. The Morgan fingerprint density at radius 2 is 1.50 bits per heavy atom. The van der Waals surface area contributed by atoms with Crippen LogP contribution in [0.5, 0.6) is 0 Å². The van der Waals surface area contributed by atoms with Gasteiger partial charge in [0.25, 0.3) is 10.0 Å². The van der Waals surface area contributed by atoms with E-state index < -0.39 is 36.6 Å². The van der Waals surface area contributed by atoms with Crippen molar-refractivity contribution in [3.63, 3.8) is 0 Å². The SMILES string of the molecule is CNS(=O)(=O)c1cc(NS(=O)(=O)c2c(F)cccc2F)ccc1C. The van der Waals surface area contributed by atoms with Gasteiger partial charge >= 0.3 is 0 Å². The van der Waals surface area contributed by atoms with E-state index in [4.69, 9.17) is 0 Å². The molecule has 2 rings (SSSR count). The second-order valence-corrected chi connectivity index (χ2v) is 8.32. The van der Waals surface area contributed by atoms with Gasteiger partial charge in [0.05, 0.1) is 10.6 Å². The first-order chi connectivity index (χ1) is 11.1. The molecule has 0 radical (unpaired) electrons. The van der Waals surface area contributed by atoms with Crippen molar-refractivity contribution >= 4 is 25.7 Å². The van der Waals surface area contributed by atoms with E-state index in [1.807, 2.05) is 4.72 Å². The standard InChI is InChI=1S/C14H14F2N2O4S2/c1-9-6-7-10(8-13(9)23(19,20)17-2)18-24(21,22)14-11(15)4-3-5-12(14)16/h3-8,17-18H,1-2H3. The average molecular weight is 376 g/mol. The fraction of sp³-hybridized carbons (Fsp3) is 0.143. The maximum atomic E-state index is 13.7. The highest BCUT2D eigenvalue weighted by Crippen LogP contribution is 2.24. The molecule has 0 unspecified atom stereocenters. The molecule has 0 atom stereocenters. The molecule has 0 aliphatic heterocycles. The van der Waals surface area contributed by atoms with Gasteiger partial charge in [-0.3, -0.25) is 4.72 Å². The van der Waals surface area contributed by atoms with Gasteiger partial charge in [-0.15, -0.1) is 0 Å². The Kier molecular flexibility index (Phi) is 4.92. The molecule has 24 heavy (non-hydrogen) atoms. The molecule has 2 aromatic rings. The lowest BCUT2D eigenvalue weighted by Gasteiger charge is -2.12. The average Bonchev–Trinajstić information content (AvgIpc) is 2.48. The highest BCUT2D eigenvalue weighted by atomic mass is 32.2. The van der Waals surface area contributed by atoms with Gasteiger partial charge in [-0.25, -0.2) is 30.3 Å². The third-order valence-corrected chi connectivity index (χ3v) is 6.17. The van der Waals surface area contributed by atoms with Crippen LogP contribution in [0.15, 0.2) is 46.2 Å². The summed E-state index contributed by atoms with van der Waals surface area (Å²) in [5.41, 5.74) is 0.237. The summed E-state index contributed by atoms with van der Waals surface area (Å²) < 4.78 is 79.7. The van der Waals surface area contributed by atoms with Crippen molar-refractivity contribution in [1.82, 2.24) is 4.72 Å². The summed E-state index contributed by atoms with van der Waals surface area (Å²) in [6.07, 6.45) is 0. The first-order valence-corrected chi connectivity index (χ1v) is 9.56. The van der Waals surface area contributed by atoms with Crippen LogP contribution in [0.3, 0.4) is 0 Å². The third kappa shape index (κ3) is 3.55. The first-order valence-electron chi connectivity index (χ1n) is 6.59. The normalized spacial score (nSPS) is 12.2. The molecule has 0 heterocycles. The van der Waals surface area contributed by atoms with Crippen LogP contribution in [0.4, 0.5) is 14.5 Å². The fourth-order valence-corrected chi connectivity index (χ4v) is 4.19. The number of sulfonamides is 2. The molecule has 0 amide bonds. The van der Waals surface area contributed by atoms with Crippen LogP contribution in [0, 0.1) is 18.6 Å². The van der Waals surface area contributed by atoms with Crippen LogP contribution in [0.2, 0.25) is 0 Å². The predicted molar refractivity (Wildman–Crippen MR) is 84.6 cm³/mol. The smallest absolute Gasteiger partial charge is 0.267 e. The van der Waals surface area contributed by atoms with E-state index in [1.165, 1.54) is 26.1 Å². The number of rotatable bonds is 5. The van der Waals surface area contributed by atoms with Crippen LogP contribution in [0.1, 0.15) is 5.56 Å². The van der Waals surface area contributed by atoms with Gasteiger partial charge in [0, 0.05) is 0 Å². The molecule has 0 aliphatic rings. The van der Waals surface area contributed by atoms with Gasteiger partial charge in [0.2, 0.25) is 10.0 Å². The second kappa shape index (κ2) is 6.46. The zero-order valence-electron chi connectivity index (χ0n) is 12.7. The summed E-state index contributed by atoms with van der Waals surface area (Å²) >= 11 is 0. The van der Waals surface area contributed by atoms with Gasteiger partial charge in [-0.1, -0.05) is 12.1 Å². The molecular formula is C14H14F2N2O4S2. The summed E-state index contributed by atoms with van der Waals surface area (Å²) in [5, 5.41) is 0. The van der Waals surface area contributed by atoms with Crippen LogP contribution in [-0.4, -0.2) is 23.9 Å². The number of halogens is 2. The molecule has 2 aromatic carbocycles. The summed E-state index contributed by atoms with van der Waals surface area (Å²) in [7, 11) is -7.18. The quantitative estimate of drug-likeness (QED) is 0.835. The highest BCUT2D eigenvalue weighted by molar-refractivity contribution is 7.92. The monoisotopic (exact) mass is 376 g/mol. The van der Waals surface area contributed by atoms with Crippen LogP contribution >= 0.6 is 0 Å². The molecule has 0 aliphatic carbocycles. The second-order valence-electron chi connectivity index (χ2n) is 4.84. The number of aryl methyl sites for hydroxylation is 1. The Morgan fingerprint density at radius 3 is 2.04 bits per heavy atom. The summed E-state index contributed by atoms with van der Waals surface area (Å²) in [6.45, 7) is 1.53. The van der Waals surface area contributed by atoms with Crippen molar-refractivity contribution < 1.29 is 25.6 Å². The zero-order valence-corrected chi connectivity index (χ0v) is 14.3. The van der Waals surface area contributed by atoms with Gasteiger partial charge in [0.15, 0.2) is 4.90 Å². The molecule has 0 saturated heterocycles. The lowest BCUT2D eigenvalue weighted by Crippen LogP contribution is -2.21. The molecule has 0 fully saturated rings. The number of anilines is 1. The van der Waals surface area contributed by atoms with Gasteiger partial charge < -0.3 is 0 Å². The number of hydrogen-bond donors (Lipinski definition) is 2. The molecule has 0 bridgehead atoms. The van der Waals surface area contributed by atoms with Crippen LogP contribution < -0.4 is 9.44 Å². The molecule has 0 spiro atoms. The van der Waals surface area contributed by atoms with Crippen LogP contribution in [-0.2, 0) is 20.0 Å². The largest absolute Gasteiger partial charge is 0.279 e. The lowest BCUT2D eigenvalue weighted by molar-refractivity contribution is 0.521. The lowest BCUT2D eigenvalue weighted by atomic mass is 10.2. The first kappa shape index (κ1) is 18.3. The minimum Gasteiger partial charge on any atom is -0.279 e. The van der Waals surface area contributed by atoms with Crippen molar-refractivity contribution in [2.24, 2.45) is 0 Å². The van der Waals surface area contributed by atoms with E-state index in [0.29, 0.717) is 5.56 Å². The molecule has 2 N–H and O–H groups in total. The summed E-state index contributed by atoms with van der Waals surface area (Å²) in [4.78, 5) is -1.29. The Balaban J connectivity index is 2.50. The van der Waals surface area contributed by atoms with Gasteiger partial charge in [-0.2, -0.15) is 0 Å².